The van der Waals surface area contributed by atoms with Crippen molar-refractivity contribution >= 4 is 5.97 Å². The molecule has 0 aliphatic heterocycles. The highest BCUT2D eigenvalue weighted by Gasteiger charge is 1.94. The van der Waals surface area contributed by atoms with Gasteiger partial charge in [0.15, 0.2) is 0 Å². The maximum absolute atomic E-state index is 10.8. The average Bonchev–Trinajstić information content (AvgIpc) is 1.66. The fourth-order valence-corrected chi connectivity index (χ4v) is 0.278. The molecule has 0 aliphatic rings. The highest BCUT2D eigenvalue weighted by molar-refractivity contribution is 5.66. The van der Waals surface area contributed by atoms with E-state index in [1.165, 1.54) is 0 Å². The number of carboxylic acids is 1. The van der Waals surface area contributed by atoms with Crippen LogP contribution in [0.2, 0.25) is 0 Å². The molecule has 48 valence electrons. The first-order valence-electron chi connectivity index (χ1n) is 2.22. The zero-order valence-corrected chi connectivity index (χ0v) is 4.26. The van der Waals surface area contributed by atoms with Gasteiger partial charge in [-0.25, -0.2) is 0 Å². The molecule has 0 aromatic heterocycles. The zero-order valence-electron chi connectivity index (χ0n) is 4.26. The van der Waals surface area contributed by atoms with E-state index in [-0.39, 0.29) is 19.4 Å². The average molecular weight is 122 g/mol. The van der Waals surface area contributed by atoms with E-state index >= 15 is 0 Å². The molecule has 0 rings (SSSR count). The molecule has 8 heavy (non-hydrogen) atoms. The van der Waals surface area contributed by atoms with Gasteiger partial charge in [0.2, 0.25) is 0 Å². The Hall–Kier alpha value is -0.640. The van der Waals surface area contributed by atoms with Crippen LogP contribution in [0.4, 0.5) is 4.53 Å². The van der Waals surface area contributed by atoms with Gasteiger partial charge in [-0.2, -0.15) is 4.94 Å². The Morgan fingerprint density at radius 3 is 2.75 bits per heavy atom. The van der Waals surface area contributed by atoms with Crippen molar-refractivity contribution in [2.45, 2.75) is 12.8 Å². The van der Waals surface area contributed by atoms with Crippen LogP contribution in [0.5, 0.6) is 0 Å². The third-order valence-corrected chi connectivity index (χ3v) is 0.612. The van der Waals surface area contributed by atoms with Gasteiger partial charge in [0.05, 0.1) is 6.61 Å². The van der Waals surface area contributed by atoms with Crippen LogP contribution in [0.3, 0.4) is 0 Å². The molecule has 0 bridgehead atoms. The summed E-state index contributed by atoms with van der Waals surface area (Å²) in [6, 6.07) is 0. The lowest BCUT2D eigenvalue weighted by molar-refractivity contribution is -0.144. The topological polar surface area (TPSA) is 46.5 Å². The summed E-state index contributed by atoms with van der Waals surface area (Å²) in [5.74, 6) is -0.929. The highest BCUT2D eigenvalue weighted by atomic mass is 19.3. The Morgan fingerprint density at radius 2 is 2.38 bits per heavy atom. The summed E-state index contributed by atoms with van der Waals surface area (Å²) in [4.78, 5) is 12.8. The predicted molar refractivity (Wildman–Crippen MR) is 23.9 cm³/mol. The maximum Gasteiger partial charge on any atom is 0.303 e. The van der Waals surface area contributed by atoms with Crippen LogP contribution in [-0.2, 0) is 9.74 Å². The Bertz CT molecular complexity index is 73.7. The minimum absolute atomic E-state index is 0.0378. The van der Waals surface area contributed by atoms with Gasteiger partial charge >= 0.3 is 5.97 Å². The van der Waals surface area contributed by atoms with Gasteiger partial charge in [-0.15, -0.1) is 0 Å². The molecule has 0 spiro atoms. The molecule has 0 aliphatic carbocycles. The van der Waals surface area contributed by atoms with E-state index in [0.29, 0.717) is 0 Å². The van der Waals surface area contributed by atoms with Crippen molar-refractivity contribution in [3.05, 3.63) is 0 Å². The van der Waals surface area contributed by atoms with Gasteiger partial charge in [-0.3, -0.25) is 4.79 Å². The van der Waals surface area contributed by atoms with Crippen LogP contribution in [-0.4, -0.2) is 17.7 Å². The quantitative estimate of drug-likeness (QED) is 0.559. The number of hydrogen-bond donors (Lipinski definition) is 1. The molecule has 0 radical (unpaired) electrons. The van der Waals surface area contributed by atoms with Crippen LogP contribution in [0.15, 0.2) is 0 Å². The van der Waals surface area contributed by atoms with Crippen LogP contribution in [0.25, 0.3) is 0 Å². The number of halogens is 1. The number of carbonyl (C=O) groups is 1. The van der Waals surface area contributed by atoms with Crippen LogP contribution >= 0.6 is 0 Å². The van der Waals surface area contributed by atoms with E-state index in [1.54, 1.807) is 0 Å². The van der Waals surface area contributed by atoms with Crippen molar-refractivity contribution < 1.29 is 19.4 Å². The first-order chi connectivity index (χ1) is 3.77. The van der Waals surface area contributed by atoms with Crippen molar-refractivity contribution in [3.63, 3.8) is 0 Å². The van der Waals surface area contributed by atoms with E-state index in [0.717, 1.165) is 0 Å². The highest BCUT2D eigenvalue weighted by Crippen LogP contribution is 1.88. The van der Waals surface area contributed by atoms with Crippen molar-refractivity contribution in [1.82, 2.24) is 0 Å². The molecule has 4 heteroatoms. The minimum atomic E-state index is -0.929. The van der Waals surface area contributed by atoms with E-state index < -0.39 is 5.97 Å². The predicted octanol–water partition coefficient (Wildman–Crippen LogP) is 0.752. The maximum atomic E-state index is 10.8. The Morgan fingerprint density at radius 1 is 1.75 bits per heavy atom. The standard InChI is InChI=1S/C4H7FO3/c5-8-3-1-2-4(6)7/h1-3H2,(H,6,7). The molecule has 0 unspecified atom stereocenters. The summed E-state index contributed by atoms with van der Waals surface area (Å²) in [5, 5.41) is 7.96. The van der Waals surface area contributed by atoms with Gasteiger partial charge < -0.3 is 5.11 Å². The molecular weight excluding hydrogens is 115 g/mol. The minimum Gasteiger partial charge on any atom is -0.481 e. The molecule has 0 aromatic rings. The molecule has 0 fully saturated rings. The lowest BCUT2D eigenvalue weighted by Crippen LogP contribution is -1.96. The van der Waals surface area contributed by atoms with Crippen molar-refractivity contribution in [3.8, 4) is 0 Å². The lowest BCUT2D eigenvalue weighted by Gasteiger charge is -1.88. The van der Waals surface area contributed by atoms with Crippen LogP contribution in [0.1, 0.15) is 12.8 Å². The second kappa shape index (κ2) is 4.52. The van der Waals surface area contributed by atoms with Crippen molar-refractivity contribution in [2.24, 2.45) is 0 Å². The zero-order chi connectivity index (χ0) is 6.41. The van der Waals surface area contributed by atoms with Gasteiger partial charge in [0.1, 0.15) is 0 Å². The van der Waals surface area contributed by atoms with E-state index in [9.17, 15) is 9.32 Å². The monoisotopic (exact) mass is 122 g/mol. The molecule has 0 saturated carbocycles. The first kappa shape index (κ1) is 7.36. The Labute approximate surface area is 46.0 Å². The number of hydrogen-bond acceptors (Lipinski definition) is 2. The number of rotatable bonds is 4. The molecular formula is C4H7FO3. The molecule has 0 heterocycles. The summed E-state index contributed by atoms with van der Waals surface area (Å²) in [7, 11) is 0. The summed E-state index contributed by atoms with van der Waals surface area (Å²) < 4.78 is 10.8. The number of carboxylic acid groups (broad SMARTS) is 1. The fraction of sp³-hybridized carbons (Fsp3) is 0.750. The van der Waals surface area contributed by atoms with Crippen LogP contribution < -0.4 is 0 Å². The second-order valence-electron chi connectivity index (χ2n) is 1.31. The van der Waals surface area contributed by atoms with Crippen LogP contribution in [0, 0.1) is 0 Å². The van der Waals surface area contributed by atoms with Crippen molar-refractivity contribution in [1.29, 1.82) is 0 Å². The third-order valence-electron chi connectivity index (χ3n) is 0.612. The lowest BCUT2D eigenvalue weighted by atomic mass is 10.3. The van der Waals surface area contributed by atoms with E-state index in [1.807, 2.05) is 0 Å². The largest absolute Gasteiger partial charge is 0.481 e. The molecule has 0 atom stereocenters. The first-order valence-corrected chi connectivity index (χ1v) is 2.22. The molecule has 3 nitrogen and oxygen atoms in total. The van der Waals surface area contributed by atoms with E-state index in [4.69, 9.17) is 5.11 Å². The fourth-order valence-electron chi connectivity index (χ4n) is 0.278. The van der Waals surface area contributed by atoms with Gasteiger partial charge in [-0.1, -0.05) is 0 Å². The molecule has 1 N–H and O–H groups in total. The SMILES string of the molecule is O=C(O)CCCOF. The van der Waals surface area contributed by atoms with E-state index in [2.05, 4.69) is 4.94 Å². The second-order valence-corrected chi connectivity index (χ2v) is 1.31. The molecule has 0 aromatic carbocycles. The molecule has 0 saturated heterocycles. The number of aliphatic carboxylic acids is 1. The normalized spacial score (nSPS) is 9.12. The third kappa shape index (κ3) is 5.36. The Balaban J connectivity index is 2.82. The van der Waals surface area contributed by atoms with Gasteiger partial charge in [-0.05, 0) is 10.9 Å². The summed E-state index contributed by atoms with van der Waals surface area (Å²) in [5.41, 5.74) is 0. The summed E-state index contributed by atoms with van der Waals surface area (Å²) >= 11 is 0. The summed E-state index contributed by atoms with van der Waals surface area (Å²) in [6.45, 7) is -0.133. The van der Waals surface area contributed by atoms with Crippen molar-refractivity contribution in [2.75, 3.05) is 6.61 Å². The molecule has 0 amide bonds. The smallest absolute Gasteiger partial charge is 0.303 e. The summed E-state index contributed by atoms with van der Waals surface area (Å²) in [6.07, 6.45) is 0.190. The van der Waals surface area contributed by atoms with Gasteiger partial charge in [0, 0.05) is 6.42 Å². The van der Waals surface area contributed by atoms with Gasteiger partial charge in [0.25, 0.3) is 0 Å². The Kier molecular flexibility index (Phi) is 4.16.